The number of nitrogens with zero attached hydrogens (tertiary/aromatic N) is 2. The quantitative estimate of drug-likeness (QED) is 0.371. The van der Waals surface area contributed by atoms with E-state index in [1.54, 1.807) is 13.0 Å². The molecule has 4 rings (SSSR count). The highest BCUT2D eigenvalue weighted by Crippen LogP contribution is 2.41. The minimum absolute atomic E-state index is 0.0412. The molecule has 0 spiro atoms. The van der Waals surface area contributed by atoms with Crippen LogP contribution in [0.1, 0.15) is 11.1 Å². The normalized spacial score (nSPS) is 13.8. The van der Waals surface area contributed by atoms with Crippen molar-refractivity contribution in [3.8, 4) is 11.4 Å². The van der Waals surface area contributed by atoms with Crippen molar-refractivity contribution in [3.63, 3.8) is 0 Å². The highest BCUT2D eigenvalue weighted by Gasteiger charge is 2.56. The zero-order valence-electron chi connectivity index (χ0n) is 16.7. The minimum atomic E-state index is -5.02. The average Bonchev–Trinajstić information content (AvgIpc) is 3.17. The van der Waals surface area contributed by atoms with Gasteiger partial charge in [-0.25, -0.2) is 9.07 Å². The molecule has 0 aliphatic heterocycles. The Kier molecular flexibility index (Phi) is 5.60. The number of alkyl halides is 3. The molecule has 4 aromatic rings. The third-order valence-electron chi connectivity index (χ3n) is 5.11. The smallest absolute Gasteiger partial charge is 0.424 e. The van der Waals surface area contributed by atoms with E-state index in [0.29, 0.717) is 16.6 Å². The first-order valence-electron chi connectivity index (χ1n) is 9.51. The second-order valence-electron chi connectivity index (χ2n) is 7.39. The maximum Gasteiger partial charge on any atom is 0.424 e. The molecule has 1 N–H and O–H groups in total. The number of fused-ring (bicyclic) bond motifs is 1. The molecule has 0 aliphatic rings. The van der Waals surface area contributed by atoms with Crippen molar-refractivity contribution in [3.05, 3.63) is 88.8 Å². The first kappa shape index (κ1) is 22.1. The van der Waals surface area contributed by atoms with Gasteiger partial charge >= 0.3 is 6.18 Å². The van der Waals surface area contributed by atoms with Gasteiger partial charge in [-0.2, -0.15) is 18.3 Å². The monoisotopic (exact) mass is 464 g/mol. The fourth-order valence-corrected chi connectivity index (χ4v) is 3.48. The number of ether oxygens (including phenoxy) is 1. The Bertz CT molecular complexity index is 1270. The first-order chi connectivity index (χ1) is 15.1. The number of hydrogen-bond acceptors (Lipinski definition) is 3. The summed E-state index contributed by atoms with van der Waals surface area (Å²) in [4.78, 5) is 0. The summed E-state index contributed by atoms with van der Waals surface area (Å²) in [7, 11) is 0. The van der Waals surface area contributed by atoms with Crippen molar-refractivity contribution in [1.29, 1.82) is 0 Å². The van der Waals surface area contributed by atoms with Crippen LogP contribution in [-0.2, 0) is 5.60 Å². The Morgan fingerprint density at radius 2 is 1.75 bits per heavy atom. The van der Waals surface area contributed by atoms with Crippen LogP contribution in [0.25, 0.3) is 16.6 Å². The zero-order valence-corrected chi connectivity index (χ0v) is 17.5. The van der Waals surface area contributed by atoms with Crippen molar-refractivity contribution < 1.29 is 27.4 Å². The summed E-state index contributed by atoms with van der Waals surface area (Å²) < 4.78 is 61.8. The summed E-state index contributed by atoms with van der Waals surface area (Å²) >= 11 is 6.01. The minimum Gasteiger partial charge on any atom is -0.488 e. The summed E-state index contributed by atoms with van der Waals surface area (Å²) in [6.07, 6.45) is -3.65. The predicted molar refractivity (Wildman–Crippen MR) is 113 cm³/mol. The molecule has 1 unspecified atom stereocenters. The van der Waals surface area contributed by atoms with Crippen LogP contribution in [0.2, 0.25) is 5.02 Å². The molecule has 0 radical (unpaired) electrons. The average molecular weight is 465 g/mol. The lowest BCUT2D eigenvalue weighted by Crippen LogP contribution is -2.47. The molecule has 1 heterocycles. The van der Waals surface area contributed by atoms with Gasteiger partial charge in [0.1, 0.15) is 18.2 Å². The van der Waals surface area contributed by atoms with Gasteiger partial charge in [0.2, 0.25) is 5.60 Å². The fourth-order valence-electron chi connectivity index (χ4n) is 3.31. The third-order valence-corrected chi connectivity index (χ3v) is 5.42. The first-order valence-corrected chi connectivity index (χ1v) is 9.88. The maximum absolute atomic E-state index is 14.0. The van der Waals surface area contributed by atoms with E-state index in [2.05, 4.69) is 5.10 Å². The van der Waals surface area contributed by atoms with Gasteiger partial charge in [-0.1, -0.05) is 23.7 Å². The van der Waals surface area contributed by atoms with E-state index < -0.39 is 29.8 Å². The van der Waals surface area contributed by atoms with E-state index in [1.165, 1.54) is 65.5 Å². The van der Waals surface area contributed by atoms with Crippen LogP contribution in [0.15, 0.2) is 66.9 Å². The van der Waals surface area contributed by atoms with E-state index in [9.17, 15) is 22.7 Å². The predicted octanol–water partition coefficient (Wildman–Crippen LogP) is 5.96. The largest absolute Gasteiger partial charge is 0.488 e. The number of rotatable bonds is 5. The van der Waals surface area contributed by atoms with Gasteiger partial charge in [0.05, 0.1) is 22.4 Å². The molecular weight excluding hydrogens is 448 g/mol. The number of benzene rings is 3. The standard InChI is InChI=1S/C23H17ClF4N2O2/c1-14-2-8-19(24)21(10-14)32-13-22(31,23(26,27)28)16-3-9-20-15(11-16)12-29-30(20)18-6-4-17(25)5-7-18/h2-12,31H,13H2,1H3. The van der Waals surface area contributed by atoms with Crippen LogP contribution < -0.4 is 4.74 Å². The molecular formula is C23H17ClF4N2O2. The van der Waals surface area contributed by atoms with E-state index in [1.807, 2.05) is 0 Å². The van der Waals surface area contributed by atoms with Gasteiger partial charge in [-0.3, -0.25) is 0 Å². The second-order valence-corrected chi connectivity index (χ2v) is 7.79. The lowest BCUT2D eigenvalue weighted by molar-refractivity contribution is -0.275. The molecule has 9 heteroatoms. The van der Waals surface area contributed by atoms with Crippen LogP contribution in [0.5, 0.6) is 5.75 Å². The van der Waals surface area contributed by atoms with Gasteiger partial charge in [-0.15, -0.1) is 0 Å². The van der Waals surface area contributed by atoms with Gasteiger partial charge in [0.15, 0.2) is 0 Å². The Morgan fingerprint density at radius 3 is 2.44 bits per heavy atom. The Morgan fingerprint density at radius 1 is 1.03 bits per heavy atom. The molecule has 4 nitrogen and oxygen atoms in total. The lowest BCUT2D eigenvalue weighted by atomic mass is 9.93. The molecule has 0 bridgehead atoms. The number of halogens is 5. The number of aliphatic hydroxyl groups is 1. The van der Waals surface area contributed by atoms with Crippen molar-refractivity contribution in [2.24, 2.45) is 0 Å². The molecule has 32 heavy (non-hydrogen) atoms. The third kappa shape index (κ3) is 4.03. The van der Waals surface area contributed by atoms with E-state index in [0.717, 1.165) is 5.56 Å². The zero-order chi connectivity index (χ0) is 23.1. The Labute approximate surface area is 185 Å². The number of hydrogen-bond donors (Lipinski definition) is 1. The highest BCUT2D eigenvalue weighted by molar-refractivity contribution is 6.32. The summed E-state index contributed by atoms with van der Waals surface area (Å²) in [5.41, 5.74) is -1.91. The molecule has 1 atom stereocenters. The van der Waals surface area contributed by atoms with Crippen molar-refractivity contribution >= 4 is 22.5 Å². The SMILES string of the molecule is Cc1ccc(Cl)c(OCC(O)(c2ccc3c(cnn3-c3ccc(F)cc3)c2)C(F)(F)F)c1. The van der Waals surface area contributed by atoms with Gasteiger partial charge < -0.3 is 9.84 Å². The van der Waals surface area contributed by atoms with Gasteiger partial charge in [0, 0.05) is 5.39 Å². The Balaban J connectivity index is 1.71. The summed E-state index contributed by atoms with van der Waals surface area (Å²) in [6, 6.07) is 14.0. The van der Waals surface area contributed by atoms with Gasteiger partial charge in [0.25, 0.3) is 0 Å². The molecule has 3 aromatic carbocycles. The van der Waals surface area contributed by atoms with Crippen LogP contribution in [0.4, 0.5) is 17.6 Å². The molecule has 0 aliphatic carbocycles. The molecule has 0 amide bonds. The summed E-state index contributed by atoms with van der Waals surface area (Å²) in [6.45, 7) is 0.656. The maximum atomic E-state index is 14.0. The molecule has 0 fully saturated rings. The van der Waals surface area contributed by atoms with Crippen LogP contribution >= 0.6 is 11.6 Å². The van der Waals surface area contributed by atoms with Crippen molar-refractivity contribution in [2.45, 2.75) is 18.7 Å². The lowest BCUT2D eigenvalue weighted by Gasteiger charge is -2.31. The van der Waals surface area contributed by atoms with E-state index in [4.69, 9.17) is 16.3 Å². The topological polar surface area (TPSA) is 47.3 Å². The molecule has 166 valence electrons. The van der Waals surface area contributed by atoms with Crippen LogP contribution in [0.3, 0.4) is 0 Å². The molecule has 0 saturated carbocycles. The van der Waals surface area contributed by atoms with E-state index >= 15 is 0 Å². The molecule has 0 saturated heterocycles. The summed E-state index contributed by atoms with van der Waals surface area (Å²) in [5.74, 6) is -0.379. The van der Waals surface area contributed by atoms with Crippen molar-refractivity contribution in [2.75, 3.05) is 6.61 Å². The second kappa shape index (κ2) is 8.11. The van der Waals surface area contributed by atoms with Crippen molar-refractivity contribution in [1.82, 2.24) is 9.78 Å². The fraction of sp³-hybridized carbons (Fsp3) is 0.174. The highest BCUT2D eigenvalue weighted by atomic mass is 35.5. The van der Waals surface area contributed by atoms with E-state index in [-0.39, 0.29) is 10.8 Å². The van der Waals surface area contributed by atoms with Crippen LogP contribution in [0, 0.1) is 12.7 Å². The molecule has 1 aromatic heterocycles. The number of aryl methyl sites for hydroxylation is 1. The van der Waals surface area contributed by atoms with Gasteiger partial charge in [-0.05, 0) is 66.6 Å². The summed E-state index contributed by atoms with van der Waals surface area (Å²) in [5, 5.41) is 15.4. The van der Waals surface area contributed by atoms with Crippen LogP contribution in [-0.4, -0.2) is 27.7 Å². The number of aromatic nitrogens is 2. The Hall–Kier alpha value is -3.10.